The number of hydrogen-bond donors (Lipinski definition) is 1. The first-order valence-electron chi connectivity index (χ1n) is 8.25. The van der Waals surface area contributed by atoms with Gasteiger partial charge in [-0.15, -0.1) is 0 Å². The Morgan fingerprint density at radius 2 is 2.36 bits per heavy atom. The van der Waals surface area contributed by atoms with Crippen molar-refractivity contribution >= 4 is 5.82 Å². The molecule has 116 valence electrons. The summed E-state index contributed by atoms with van der Waals surface area (Å²) in [5, 5.41) is 12.4. The van der Waals surface area contributed by atoms with Gasteiger partial charge in [0.2, 0.25) is 0 Å². The quantitative estimate of drug-likeness (QED) is 0.921. The van der Waals surface area contributed by atoms with Crippen LogP contribution in [0.4, 0.5) is 5.82 Å². The summed E-state index contributed by atoms with van der Waals surface area (Å²) >= 11 is 0. The van der Waals surface area contributed by atoms with Crippen LogP contribution in [-0.4, -0.2) is 47.8 Å². The molecule has 1 saturated carbocycles. The Hall–Kier alpha value is -1.64. The van der Waals surface area contributed by atoms with Crippen LogP contribution in [0.2, 0.25) is 0 Å². The first-order valence-corrected chi connectivity index (χ1v) is 8.25. The molecule has 2 atom stereocenters. The molecule has 3 fully saturated rings. The summed E-state index contributed by atoms with van der Waals surface area (Å²) in [5.74, 6) is 1.72. The van der Waals surface area contributed by atoms with Crippen LogP contribution in [0.3, 0.4) is 0 Å². The van der Waals surface area contributed by atoms with Gasteiger partial charge >= 0.3 is 0 Å². The minimum absolute atomic E-state index is 0.0411. The van der Waals surface area contributed by atoms with Gasteiger partial charge in [-0.2, -0.15) is 5.26 Å². The van der Waals surface area contributed by atoms with Crippen molar-refractivity contribution in [2.24, 2.45) is 5.92 Å². The third-order valence-electron chi connectivity index (χ3n) is 5.03. The van der Waals surface area contributed by atoms with Gasteiger partial charge in [-0.1, -0.05) is 6.07 Å². The number of pyridine rings is 1. The van der Waals surface area contributed by atoms with E-state index in [-0.39, 0.29) is 5.60 Å². The van der Waals surface area contributed by atoms with Crippen LogP contribution in [0, 0.1) is 17.2 Å². The molecule has 1 N–H and O–H groups in total. The number of nitrogens with zero attached hydrogens (tertiary/aromatic N) is 3. The highest BCUT2D eigenvalue weighted by atomic mass is 16.5. The summed E-state index contributed by atoms with van der Waals surface area (Å²) in [6, 6.07) is 7.89. The van der Waals surface area contributed by atoms with Crippen LogP contribution in [0.25, 0.3) is 0 Å². The third kappa shape index (κ3) is 2.94. The van der Waals surface area contributed by atoms with Gasteiger partial charge < -0.3 is 15.0 Å². The second kappa shape index (κ2) is 5.53. The molecule has 2 aliphatic heterocycles. The molecule has 3 aliphatic rings. The van der Waals surface area contributed by atoms with E-state index in [1.54, 1.807) is 6.07 Å². The number of likely N-dealkylation sites (tertiary alicyclic amines) is 1. The van der Waals surface area contributed by atoms with Gasteiger partial charge in [-0.3, -0.25) is 0 Å². The second-order valence-electron chi connectivity index (χ2n) is 6.99. The third-order valence-corrected chi connectivity index (χ3v) is 5.03. The van der Waals surface area contributed by atoms with E-state index in [2.05, 4.69) is 21.3 Å². The van der Waals surface area contributed by atoms with Gasteiger partial charge in [0.15, 0.2) is 0 Å². The standard InChI is InChI=1S/C17H22N4O/c18-9-14-2-1-3-16(19-14)20-15-8-17(22-11-15)6-7-21(12-17)10-13-4-5-13/h1-3,13,15H,4-8,10-12H2,(H,19,20)/t15-,17-/m0/s1. The Bertz CT molecular complexity index is 595. The van der Waals surface area contributed by atoms with E-state index in [1.165, 1.54) is 25.9 Å². The number of hydrogen-bond acceptors (Lipinski definition) is 5. The molecule has 0 amide bonds. The summed E-state index contributed by atoms with van der Waals surface area (Å²) in [4.78, 5) is 6.87. The zero-order valence-electron chi connectivity index (χ0n) is 12.8. The van der Waals surface area contributed by atoms with Crippen molar-refractivity contribution in [3.8, 4) is 6.07 Å². The maximum Gasteiger partial charge on any atom is 0.142 e. The van der Waals surface area contributed by atoms with Crippen LogP contribution < -0.4 is 5.32 Å². The second-order valence-corrected chi connectivity index (χ2v) is 6.99. The van der Waals surface area contributed by atoms with Crippen molar-refractivity contribution in [1.29, 1.82) is 5.26 Å². The number of aromatic nitrogens is 1. The highest BCUT2D eigenvalue weighted by Crippen LogP contribution is 2.38. The fourth-order valence-corrected chi connectivity index (χ4v) is 3.76. The summed E-state index contributed by atoms with van der Waals surface area (Å²) < 4.78 is 6.18. The zero-order chi connectivity index (χ0) is 15.0. The zero-order valence-corrected chi connectivity index (χ0v) is 12.8. The van der Waals surface area contributed by atoms with E-state index in [4.69, 9.17) is 10.00 Å². The summed E-state index contributed by atoms with van der Waals surface area (Å²) in [6.45, 7) is 4.24. The minimum Gasteiger partial charge on any atom is -0.371 e. The minimum atomic E-state index is 0.0411. The number of ether oxygens (including phenoxy) is 1. The molecule has 0 aromatic carbocycles. The van der Waals surface area contributed by atoms with Crippen molar-refractivity contribution in [2.75, 3.05) is 31.6 Å². The van der Waals surface area contributed by atoms with Gasteiger partial charge in [-0.25, -0.2) is 4.98 Å². The van der Waals surface area contributed by atoms with Crippen LogP contribution >= 0.6 is 0 Å². The molecule has 0 bridgehead atoms. The maximum absolute atomic E-state index is 8.93. The highest BCUT2D eigenvalue weighted by Gasteiger charge is 2.46. The molecule has 0 unspecified atom stereocenters. The first-order chi connectivity index (χ1) is 10.7. The van der Waals surface area contributed by atoms with E-state index < -0.39 is 0 Å². The largest absolute Gasteiger partial charge is 0.371 e. The molecule has 22 heavy (non-hydrogen) atoms. The number of nitrogens with one attached hydrogen (secondary N) is 1. The monoisotopic (exact) mass is 298 g/mol. The summed E-state index contributed by atoms with van der Waals surface area (Å²) in [6.07, 6.45) is 5.00. The van der Waals surface area contributed by atoms with Gasteiger partial charge in [0.25, 0.3) is 0 Å². The molecule has 1 aliphatic carbocycles. The molecular formula is C17H22N4O. The smallest absolute Gasteiger partial charge is 0.142 e. The molecule has 1 aromatic rings. The van der Waals surface area contributed by atoms with Gasteiger partial charge in [-0.05, 0) is 37.3 Å². The highest BCUT2D eigenvalue weighted by molar-refractivity contribution is 5.39. The van der Waals surface area contributed by atoms with Crippen molar-refractivity contribution in [3.05, 3.63) is 23.9 Å². The van der Waals surface area contributed by atoms with Crippen molar-refractivity contribution in [3.63, 3.8) is 0 Å². The van der Waals surface area contributed by atoms with E-state index in [0.717, 1.165) is 37.7 Å². The molecule has 4 rings (SSSR count). The van der Waals surface area contributed by atoms with Gasteiger partial charge in [0, 0.05) is 26.1 Å². The van der Waals surface area contributed by atoms with Gasteiger partial charge in [0.05, 0.1) is 18.2 Å². The Morgan fingerprint density at radius 1 is 1.45 bits per heavy atom. The normalized spacial score (nSPS) is 31.5. The lowest BCUT2D eigenvalue weighted by molar-refractivity contribution is 0.0123. The van der Waals surface area contributed by atoms with Crippen LogP contribution in [0.5, 0.6) is 0 Å². The molecule has 2 saturated heterocycles. The molecular weight excluding hydrogens is 276 g/mol. The van der Waals surface area contributed by atoms with Crippen molar-refractivity contribution < 1.29 is 4.74 Å². The fraction of sp³-hybridized carbons (Fsp3) is 0.647. The Balaban J connectivity index is 1.35. The molecule has 1 aromatic heterocycles. The predicted molar refractivity (Wildman–Crippen MR) is 83.4 cm³/mol. The van der Waals surface area contributed by atoms with Crippen molar-refractivity contribution in [2.45, 2.75) is 37.3 Å². The Labute approximate surface area is 131 Å². The molecule has 5 nitrogen and oxygen atoms in total. The maximum atomic E-state index is 8.93. The lowest BCUT2D eigenvalue weighted by Crippen LogP contribution is -2.34. The lowest BCUT2D eigenvalue weighted by atomic mass is 9.97. The van der Waals surface area contributed by atoms with Gasteiger partial charge in [0.1, 0.15) is 17.6 Å². The van der Waals surface area contributed by atoms with E-state index >= 15 is 0 Å². The topological polar surface area (TPSA) is 61.2 Å². The molecule has 1 spiro atoms. The van der Waals surface area contributed by atoms with Crippen LogP contribution in [0.1, 0.15) is 31.4 Å². The average molecular weight is 298 g/mol. The van der Waals surface area contributed by atoms with E-state index in [1.807, 2.05) is 12.1 Å². The number of nitriles is 1. The van der Waals surface area contributed by atoms with Crippen molar-refractivity contribution in [1.82, 2.24) is 9.88 Å². The number of rotatable bonds is 4. The summed E-state index contributed by atoms with van der Waals surface area (Å²) in [5.41, 5.74) is 0.495. The summed E-state index contributed by atoms with van der Waals surface area (Å²) in [7, 11) is 0. The first kappa shape index (κ1) is 14.0. The predicted octanol–water partition coefficient (Wildman–Crippen LogP) is 2.01. The van der Waals surface area contributed by atoms with E-state index in [0.29, 0.717) is 11.7 Å². The molecule has 5 heteroatoms. The average Bonchev–Trinajstić information content (AvgIpc) is 3.13. The van der Waals surface area contributed by atoms with Crippen LogP contribution in [-0.2, 0) is 4.74 Å². The number of anilines is 1. The van der Waals surface area contributed by atoms with E-state index in [9.17, 15) is 0 Å². The lowest BCUT2D eigenvalue weighted by Gasteiger charge is -2.23. The Kier molecular flexibility index (Phi) is 3.51. The molecule has 0 radical (unpaired) electrons. The fourth-order valence-electron chi connectivity index (χ4n) is 3.76. The Morgan fingerprint density at radius 3 is 3.18 bits per heavy atom. The SMILES string of the molecule is N#Cc1cccc(N[C@@H]2CO[C@@]3(CCN(CC4CC4)C3)C2)n1. The van der Waals surface area contributed by atoms with Crippen LogP contribution in [0.15, 0.2) is 18.2 Å². The molecule has 3 heterocycles.